The Labute approximate surface area is 162 Å². The largest absolute Gasteiger partial charge is 0.368 e. The van der Waals surface area contributed by atoms with E-state index < -0.39 is 23.3 Å². The second kappa shape index (κ2) is 7.42. The maximum Gasteiger partial charge on any atom is 0.273 e. The van der Waals surface area contributed by atoms with Crippen LogP contribution in [0.15, 0.2) is 48.5 Å². The molecule has 146 valence electrons. The van der Waals surface area contributed by atoms with Crippen molar-refractivity contribution in [3.63, 3.8) is 0 Å². The van der Waals surface area contributed by atoms with E-state index in [1.807, 2.05) is 32.9 Å². The highest BCUT2D eigenvalue weighted by molar-refractivity contribution is 6.06. The van der Waals surface area contributed by atoms with Crippen molar-refractivity contribution < 1.29 is 14.0 Å². The molecule has 6 nitrogen and oxygen atoms in total. The standard InChI is InChI=1S/C21H23FN4O2/c1-21(2,3)18(19(23)27)24-20(28)17-14-9-5-7-11-16(14)26(25-17)12-13-8-4-6-10-15(13)22/h4-11,18H,12H2,1-3H3,(H2,23,27)(H,24,28)/t18-/m1/s1. The first-order valence-corrected chi connectivity index (χ1v) is 8.97. The number of hydrogen-bond donors (Lipinski definition) is 2. The van der Waals surface area contributed by atoms with E-state index in [2.05, 4.69) is 10.4 Å². The van der Waals surface area contributed by atoms with Crippen LogP contribution in [0.25, 0.3) is 10.9 Å². The van der Waals surface area contributed by atoms with Gasteiger partial charge in [0.15, 0.2) is 5.69 Å². The van der Waals surface area contributed by atoms with Crippen LogP contribution >= 0.6 is 0 Å². The van der Waals surface area contributed by atoms with Gasteiger partial charge in [-0.2, -0.15) is 5.10 Å². The first-order chi connectivity index (χ1) is 13.2. The van der Waals surface area contributed by atoms with Crippen LogP contribution in [0, 0.1) is 11.2 Å². The fourth-order valence-electron chi connectivity index (χ4n) is 3.12. The van der Waals surface area contributed by atoms with Gasteiger partial charge in [-0.1, -0.05) is 57.2 Å². The van der Waals surface area contributed by atoms with Crippen LogP contribution < -0.4 is 11.1 Å². The van der Waals surface area contributed by atoms with Gasteiger partial charge in [-0.3, -0.25) is 14.3 Å². The Hall–Kier alpha value is -3.22. The van der Waals surface area contributed by atoms with Crippen LogP contribution in [0.1, 0.15) is 36.8 Å². The SMILES string of the molecule is CC(C)(C)[C@H](NC(=O)c1nn(Cc2ccccc2F)c2ccccc12)C(N)=O. The fraction of sp³-hybridized carbons (Fsp3) is 0.286. The highest BCUT2D eigenvalue weighted by Crippen LogP contribution is 2.23. The average Bonchev–Trinajstić information content (AvgIpc) is 2.99. The topological polar surface area (TPSA) is 90.0 Å². The number of fused-ring (bicyclic) bond motifs is 1. The number of aromatic nitrogens is 2. The van der Waals surface area contributed by atoms with E-state index in [0.717, 1.165) is 0 Å². The highest BCUT2D eigenvalue weighted by atomic mass is 19.1. The van der Waals surface area contributed by atoms with Gasteiger partial charge in [-0.15, -0.1) is 0 Å². The Morgan fingerprint density at radius 1 is 1.14 bits per heavy atom. The molecular formula is C21H23FN4O2. The van der Waals surface area contributed by atoms with Gasteiger partial charge in [0.05, 0.1) is 12.1 Å². The third kappa shape index (κ3) is 3.88. The summed E-state index contributed by atoms with van der Waals surface area (Å²) in [4.78, 5) is 24.7. The summed E-state index contributed by atoms with van der Waals surface area (Å²) in [5.41, 5.74) is 6.25. The number of rotatable bonds is 5. The van der Waals surface area contributed by atoms with Crippen LogP contribution in [0.2, 0.25) is 0 Å². The van der Waals surface area contributed by atoms with Crippen molar-refractivity contribution in [1.29, 1.82) is 0 Å². The molecule has 0 fully saturated rings. The Balaban J connectivity index is 1.99. The lowest BCUT2D eigenvalue weighted by atomic mass is 9.86. The Morgan fingerprint density at radius 3 is 2.43 bits per heavy atom. The molecule has 0 saturated heterocycles. The molecule has 0 bridgehead atoms. The van der Waals surface area contributed by atoms with Crippen molar-refractivity contribution in [1.82, 2.24) is 15.1 Å². The number of halogens is 1. The van der Waals surface area contributed by atoms with Crippen molar-refractivity contribution in [3.8, 4) is 0 Å². The zero-order chi connectivity index (χ0) is 20.5. The van der Waals surface area contributed by atoms with Crippen molar-refractivity contribution in [3.05, 3.63) is 65.6 Å². The van der Waals surface area contributed by atoms with Crippen LogP contribution in [0.4, 0.5) is 4.39 Å². The van der Waals surface area contributed by atoms with Crippen LogP contribution in [0.5, 0.6) is 0 Å². The van der Waals surface area contributed by atoms with Crippen LogP contribution in [-0.4, -0.2) is 27.6 Å². The van der Waals surface area contributed by atoms with Crippen molar-refractivity contribution in [2.75, 3.05) is 0 Å². The van der Waals surface area contributed by atoms with E-state index in [0.29, 0.717) is 16.5 Å². The van der Waals surface area contributed by atoms with Gasteiger partial charge >= 0.3 is 0 Å². The molecule has 28 heavy (non-hydrogen) atoms. The summed E-state index contributed by atoms with van der Waals surface area (Å²) in [7, 11) is 0. The predicted molar refractivity (Wildman–Crippen MR) is 105 cm³/mol. The monoisotopic (exact) mass is 382 g/mol. The molecule has 1 heterocycles. The van der Waals surface area contributed by atoms with Gasteiger partial charge in [0.2, 0.25) is 5.91 Å². The Kier molecular flexibility index (Phi) is 5.18. The minimum atomic E-state index is -0.851. The van der Waals surface area contributed by atoms with Crippen molar-refractivity contribution in [2.45, 2.75) is 33.4 Å². The first-order valence-electron chi connectivity index (χ1n) is 8.97. The second-order valence-electron chi connectivity index (χ2n) is 7.79. The van der Waals surface area contributed by atoms with Crippen molar-refractivity contribution in [2.24, 2.45) is 11.1 Å². The molecule has 2 aromatic carbocycles. The van der Waals surface area contributed by atoms with E-state index in [1.165, 1.54) is 6.07 Å². The summed E-state index contributed by atoms with van der Waals surface area (Å²) >= 11 is 0. The lowest BCUT2D eigenvalue weighted by Gasteiger charge is -2.28. The highest BCUT2D eigenvalue weighted by Gasteiger charge is 2.32. The molecule has 0 aliphatic carbocycles. The number of carbonyl (C=O) groups is 2. The average molecular weight is 382 g/mol. The number of carbonyl (C=O) groups excluding carboxylic acids is 2. The summed E-state index contributed by atoms with van der Waals surface area (Å²) in [5.74, 6) is -1.45. The molecule has 0 unspecified atom stereocenters. The number of hydrogen-bond acceptors (Lipinski definition) is 3. The fourth-order valence-corrected chi connectivity index (χ4v) is 3.12. The number of benzene rings is 2. The number of para-hydroxylation sites is 1. The number of nitrogens with two attached hydrogens (primary N) is 1. The third-order valence-electron chi connectivity index (χ3n) is 4.58. The molecule has 7 heteroatoms. The van der Waals surface area contributed by atoms with Gasteiger partial charge in [-0.05, 0) is 17.5 Å². The van der Waals surface area contributed by atoms with E-state index in [9.17, 15) is 14.0 Å². The summed E-state index contributed by atoms with van der Waals surface area (Å²) in [6.07, 6.45) is 0. The molecule has 0 aliphatic rings. The van der Waals surface area contributed by atoms with Gasteiger partial charge in [-0.25, -0.2) is 4.39 Å². The molecule has 3 N–H and O–H groups in total. The summed E-state index contributed by atoms with van der Waals surface area (Å²) in [6, 6.07) is 12.8. The third-order valence-corrected chi connectivity index (χ3v) is 4.58. The van der Waals surface area contributed by atoms with Crippen molar-refractivity contribution >= 4 is 22.7 Å². The molecule has 0 aliphatic heterocycles. The smallest absolute Gasteiger partial charge is 0.273 e. The molecule has 1 atom stereocenters. The normalized spacial score (nSPS) is 12.7. The van der Waals surface area contributed by atoms with Gasteiger partial charge in [0, 0.05) is 10.9 Å². The summed E-state index contributed by atoms with van der Waals surface area (Å²) in [5, 5.41) is 7.71. The minimum Gasteiger partial charge on any atom is -0.368 e. The van der Waals surface area contributed by atoms with Crippen LogP contribution in [-0.2, 0) is 11.3 Å². The predicted octanol–water partition coefficient (Wildman–Crippen LogP) is 2.85. The maximum atomic E-state index is 14.1. The zero-order valence-corrected chi connectivity index (χ0v) is 16.1. The Bertz CT molecular complexity index is 1040. The lowest BCUT2D eigenvalue weighted by Crippen LogP contribution is -2.52. The zero-order valence-electron chi connectivity index (χ0n) is 16.1. The van der Waals surface area contributed by atoms with E-state index in [1.54, 1.807) is 35.0 Å². The Morgan fingerprint density at radius 2 is 1.79 bits per heavy atom. The molecule has 3 rings (SSSR count). The number of primary amides is 1. The molecule has 3 aromatic rings. The lowest BCUT2D eigenvalue weighted by molar-refractivity contribution is -0.122. The van der Waals surface area contributed by atoms with E-state index in [-0.39, 0.29) is 18.1 Å². The minimum absolute atomic E-state index is 0.169. The van der Waals surface area contributed by atoms with Crippen LogP contribution in [0.3, 0.4) is 0 Å². The number of nitrogens with one attached hydrogen (secondary N) is 1. The molecule has 0 spiro atoms. The summed E-state index contributed by atoms with van der Waals surface area (Å²) in [6.45, 7) is 5.63. The number of amides is 2. The molecule has 0 saturated carbocycles. The molecule has 1 aromatic heterocycles. The quantitative estimate of drug-likeness (QED) is 0.711. The molecule has 2 amide bonds. The van der Waals surface area contributed by atoms with E-state index in [4.69, 9.17) is 5.73 Å². The first kappa shape index (κ1) is 19.5. The maximum absolute atomic E-state index is 14.1. The van der Waals surface area contributed by atoms with Gasteiger partial charge < -0.3 is 11.1 Å². The number of nitrogens with zero attached hydrogens (tertiary/aromatic N) is 2. The summed E-state index contributed by atoms with van der Waals surface area (Å²) < 4.78 is 15.6. The second-order valence-corrected chi connectivity index (χ2v) is 7.79. The molecular weight excluding hydrogens is 359 g/mol. The van der Waals surface area contributed by atoms with Gasteiger partial charge in [0.1, 0.15) is 11.9 Å². The van der Waals surface area contributed by atoms with Gasteiger partial charge in [0.25, 0.3) is 5.91 Å². The van der Waals surface area contributed by atoms with E-state index >= 15 is 0 Å². The molecule has 0 radical (unpaired) electrons.